The van der Waals surface area contributed by atoms with Crippen molar-refractivity contribution in [2.24, 2.45) is 0 Å². The molecule has 2 aromatic carbocycles. The average Bonchev–Trinajstić information content (AvgIpc) is 2.52. The van der Waals surface area contributed by atoms with Crippen LogP contribution in [0.15, 0.2) is 42.5 Å². The Morgan fingerprint density at radius 1 is 1.05 bits per heavy atom. The van der Waals surface area contributed by atoms with E-state index in [-0.39, 0.29) is 6.61 Å². The number of fused-ring (bicyclic) bond motifs is 1. The van der Waals surface area contributed by atoms with Crippen LogP contribution in [0.1, 0.15) is 0 Å². The van der Waals surface area contributed by atoms with E-state index >= 15 is 0 Å². The van der Waals surface area contributed by atoms with Gasteiger partial charge in [-0.1, -0.05) is 35.3 Å². The quantitative estimate of drug-likeness (QED) is 0.757. The van der Waals surface area contributed by atoms with E-state index in [2.05, 4.69) is 15.3 Å². The number of aliphatic hydroxyl groups is 1. The van der Waals surface area contributed by atoms with Gasteiger partial charge in [0.1, 0.15) is 5.82 Å². The minimum Gasteiger partial charge on any atom is -0.395 e. The molecule has 0 saturated heterocycles. The molecule has 0 spiro atoms. The minimum absolute atomic E-state index is 0.0232. The van der Waals surface area contributed by atoms with Gasteiger partial charge in [-0.15, -0.1) is 0 Å². The van der Waals surface area contributed by atoms with Crippen molar-refractivity contribution in [1.82, 2.24) is 9.97 Å². The summed E-state index contributed by atoms with van der Waals surface area (Å²) in [6, 6.07) is 12.9. The molecule has 0 saturated carbocycles. The predicted octanol–water partition coefficient (Wildman–Crippen LogP) is 4.01. The van der Waals surface area contributed by atoms with Crippen LogP contribution < -0.4 is 5.32 Å². The highest BCUT2D eigenvalue weighted by atomic mass is 35.5. The summed E-state index contributed by atoms with van der Waals surface area (Å²) in [5, 5.41) is 14.1. The monoisotopic (exact) mass is 333 g/mol. The first-order valence-corrected chi connectivity index (χ1v) is 7.51. The molecule has 3 aromatic rings. The van der Waals surface area contributed by atoms with Crippen LogP contribution >= 0.6 is 23.2 Å². The Morgan fingerprint density at radius 3 is 2.64 bits per heavy atom. The number of nitrogens with one attached hydrogen (secondary N) is 1. The second-order valence-corrected chi connectivity index (χ2v) is 5.53. The molecule has 4 nitrogen and oxygen atoms in total. The van der Waals surface area contributed by atoms with E-state index in [1.165, 1.54) is 0 Å². The van der Waals surface area contributed by atoms with Gasteiger partial charge in [-0.2, -0.15) is 0 Å². The average molecular weight is 334 g/mol. The fraction of sp³-hybridized carbons (Fsp3) is 0.125. The van der Waals surface area contributed by atoms with Gasteiger partial charge in [0, 0.05) is 22.5 Å². The lowest BCUT2D eigenvalue weighted by atomic mass is 10.2. The van der Waals surface area contributed by atoms with E-state index in [0.717, 1.165) is 10.9 Å². The number of para-hydroxylation sites is 1. The van der Waals surface area contributed by atoms with Gasteiger partial charge in [0.25, 0.3) is 0 Å². The number of hydrogen-bond acceptors (Lipinski definition) is 4. The van der Waals surface area contributed by atoms with Crippen molar-refractivity contribution in [1.29, 1.82) is 0 Å². The number of hydrogen-bond donors (Lipinski definition) is 2. The summed E-state index contributed by atoms with van der Waals surface area (Å²) in [5.74, 6) is 1.18. The Bertz CT molecular complexity index is 824. The van der Waals surface area contributed by atoms with Crippen LogP contribution in [0.2, 0.25) is 10.0 Å². The van der Waals surface area contributed by atoms with Crippen LogP contribution in [0.4, 0.5) is 5.82 Å². The zero-order chi connectivity index (χ0) is 15.5. The largest absolute Gasteiger partial charge is 0.395 e. The number of aliphatic hydroxyl groups excluding tert-OH is 1. The van der Waals surface area contributed by atoms with Crippen molar-refractivity contribution in [3.8, 4) is 11.4 Å². The number of aromatic nitrogens is 2. The van der Waals surface area contributed by atoms with Crippen molar-refractivity contribution in [3.05, 3.63) is 52.5 Å². The van der Waals surface area contributed by atoms with Crippen LogP contribution in [-0.2, 0) is 0 Å². The highest BCUT2D eigenvalue weighted by molar-refractivity contribution is 6.36. The highest BCUT2D eigenvalue weighted by Crippen LogP contribution is 2.31. The lowest BCUT2D eigenvalue weighted by Gasteiger charge is -2.11. The van der Waals surface area contributed by atoms with Gasteiger partial charge in [0.15, 0.2) is 5.82 Å². The third-order valence-electron chi connectivity index (χ3n) is 3.18. The van der Waals surface area contributed by atoms with Crippen LogP contribution in [-0.4, -0.2) is 28.2 Å². The third-order valence-corrected chi connectivity index (χ3v) is 3.73. The number of halogens is 2. The standard InChI is InChI=1S/C16H13Cl2N3O/c17-10-5-6-11(13(18)9-10)16-20-14-4-2-1-3-12(14)15(21-16)19-7-8-22/h1-6,9,22H,7-8H2,(H,19,20,21). The molecule has 0 aliphatic heterocycles. The van der Waals surface area contributed by atoms with Crippen molar-refractivity contribution in [2.45, 2.75) is 0 Å². The molecule has 0 bridgehead atoms. The topological polar surface area (TPSA) is 58.0 Å². The number of benzene rings is 2. The second kappa shape index (κ2) is 6.48. The SMILES string of the molecule is OCCNc1nc(-c2ccc(Cl)cc2Cl)nc2ccccc12. The van der Waals surface area contributed by atoms with Gasteiger partial charge < -0.3 is 10.4 Å². The van der Waals surface area contributed by atoms with E-state index in [1.807, 2.05) is 24.3 Å². The van der Waals surface area contributed by atoms with Crippen molar-refractivity contribution < 1.29 is 5.11 Å². The molecule has 0 aliphatic rings. The van der Waals surface area contributed by atoms with Crippen molar-refractivity contribution >= 4 is 39.9 Å². The molecule has 0 fully saturated rings. The fourth-order valence-electron chi connectivity index (χ4n) is 2.18. The summed E-state index contributed by atoms with van der Waals surface area (Å²) in [7, 11) is 0. The molecule has 3 rings (SSSR count). The molecule has 1 heterocycles. The van der Waals surface area contributed by atoms with E-state index in [4.69, 9.17) is 28.3 Å². The summed E-state index contributed by atoms with van der Waals surface area (Å²) in [5.41, 5.74) is 1.52. The molecule has 0 amide bonds. The van der Waals surface area contributed by atoms with Crippen LogP contribution in [0.25, 0.3) is 22.3 Å². The fourth-order valence-corrected chi connectivity index (χ4v) is 2.67. The Morgan fingerprint density at radius 2 is 1.86 bits per heavy atom. The Kier molecular flexibility index (Phi) is 4.43. The maximum atomic E-state index is 9.02. The first-order chi connectivity index (χ1) is 10.7. The van der Waals surface area contributed by atoms with Gasteiger partial charge in [-0.05, 0) is 30.3 Å². The summed E-state index contributed by atoms with van der Waals surface area (Å²) in [6.07, 6.45) is 0. The third kappa shape index (κ3) is 2.99. The lowest BCUT2D eigenvalue weighted by Crippen LogP contribution is -2.08. The molecule has 0 radical (unpaired) electrons. The molecule has 0 aliphatic carbocycles. The molecule has 112 valence electrons. The van der Waals surface area contributed by atoms with Crippen molar-refractivity contribution in [2.75, 3.05) is 18.5 Å². The number of rotatable bonds is 4. The van der Waals surface area contributed by atoms with Gasteiger partial charge in [0.2, 0.25) is 0 Å². The van der Waals surface area contributed by atoms with Crippen LogP contribution in [0.3, 0.4) is 0 Å². The molecular weight excluding hydrogens is 321 g/mol. The molecule has 22 heavy (non-hydrogen) atoms. The molecule has 1 aromatic heterocycles. The minimum atomic E-state index is 0.0232. The van der Waals surface area contributed by atoms with Gasteiger partial charge in [-0.3, -0.25) is 0 Å². The van der Waals surface area contributed by atoms with Gasteiger partial charge in [-0.25, -0.2) is 9.97 Å². The first kappa shape index (κ1) is 15.0. The van der Waals surface area contributed by atoms with E-state index in [0.29, 0.717) is 33.8 Å². The van der Waals surface area contributed by atoms with Gasteiger partial charge >= 0.3 is 0 Å². The summed E-state index contributed by atoms with van der Waals surface area (Å²) in [4.78, 5) is 9.10. The number of anilines is 1. The normalized spacial score (nSPS) is 10.9. The van der Waals surface area contributed by atoms with Gasteiger partial charge in [0.05, 0.1) is 17.1 Å². The Hall–Kier alpha value is -1.88. The smallest absolute Gasteiger partial charge is 0.163 e. The maximum absolute atomic E-state index is 9.02. The zero-order valence-electron chi connectivity index (χ0n) is 11.6. The molecular formula is C16H13Cl2N3O. The maximum Gasteiger partial charge on any atom is 0.163 e. The second-order valence-electron chi connectivity index (χ2n) is 4.69. The summed E-state index contributed by atoms with van der Waals surface area (Å²) < 4.78 is 0. The van der Waals surface area contributed by atoms with Crippen molar-refractivity contribution in [3.63, 3.8) is 0 Å². The van der Waals surface area contributed by atoms with Crippen LogP contribution in [0, 0.1) is 0 Å². The highest BCUT2D eigenvalue weighted by Gasteiger charge is 2.11. The number of nitrogens with zero attached hydrogens (tertiary/aromatic N) is 2. The lowest BCUT2D eigenvalue weighted by molar-refractivity contribution is 0.311. The Labute approximate surface area is 137 Å². The zero-order valence-corrected chi connectivity index (χ0v) is 13.1. The van der Waals surface area contributed by atoms with E-state index < -0.39 is 0 Å². The first-order valence-electron chi connectivity index (χ1n) is 6.76. The molecule has 0 atom stereocenters. The van der Waals surface area contributed by atoms with E-state index in [9.17, 15) is 0 Å². The molecule has 0 unspecified atom stereocenters. The summed E-state index contributed by atoms with van der Waals surface area (Å²) >= 11 is 12.2. The molecule has 2 N–H and O–H groups in total. The predicted molar refractivity (Wildman–Crippen MR) is 90.6 cm³/mol. The van der Waals surface area contributed by atoms with Crippen LogP contribution in [0.5, 0.6) is 0 Å². The molecule has 6 heteroatoms. The van der Waals surface area contributed by atoms with E-state index in [1.54, 1.807) is 18.2 Å². The Balaban J connectivity index is 2.17. The summed E-state index contributed by atoms with van der Waals surface area (Å²) in [6.45, 7) is 0.435.